The number of benzene rings is 2. The first-order valence-electron chi connectivity index (χ1n) is 13.4. The fourth-order valence-electron chi connectivity index (χ4n) is 4.96. The monoisotopic (exact) mass is 505 g/mol. The SMILES string of the molecule is CC(C)N1CCN(C(=O)N(CCCCCCC(=O)NO)c2ccc(-c3ccc4cc[nH]c4c3)cc2)CC1. The van der Waals surface area contributed by atoms with Gasteiger partial charge in [-0.1, -0.05) is 37.1 Å². The van der Waals surface area contributed by atoms with Crippen molar-refractivity contribution in [1.29, 1.82) is 0 Å². The van der Waals surface area contributed by atoms with E-state index in [4.69, 9.17) is 5.21 Å². The molecule has 3 amide bonds. The van der Waals surface area contributed by atoms with Crippen LogP contribution in [0.3, 0.4) is 0 Å². The molecule has 0 unspecified atom stereocenters. The van der Waals surface area contributed by atoms with Crippen molar-refractivity contribution in [3.05, 3.63) is 54.7 Å². The van der Waals surface area contributed by atoms with Crippen molar-refractivity contribution in [1.82, 2.24) is 20.3 Å². The number of hydrogen-bond donors (Lipinski definition) is 3. The number of carbonyl (C=O) groups is 2. The molecule has 0 saturated carbocycles. The van der Waals surface area contributed by atoms with Crippen molar-refractivity contribution in [3.63, 3.8) is 0 Å². The number of rotatable bonds is 10. The molecule has 198 valence electrons. The number of nitrogens with zero attached hydrogens (tertiary/aromatic N) is 3. The highest BCUT2D eigenvalue weighted by molar-refractivity contribution is 5.92. The van der Waals surface area contributed by atoms with E-state index in [0.717, 1.165) is 74.2 Å². The van der Waals surface area contributed by atoms with Gasteiger partial charge in [0.05, 0.1) is 0 Å². The molecular weight excluding hydrogens is 466 g/mol. The van der Waals surface area contributed by atoms with Gasteiger partial charge in [-0.25, -0.2) is 10.3 Å². The first-order chi connectivity index (χ1) is 18.0. The predicted octanol–water partition coefficient (Wildman–Crippen LogP) is 5.24. The maximum absolute atomic E-state index is 13.6. The first kappa shape index (κ1) is 26.7. The van der Waals surface area contributed by atoms with Crippen molar-refractivity contribution < 1.29 is 14.8 Å². The lowest BCUT2D eigenvalue weighted by atomic mass is 10.0. The summed E-state index contributed by atoms with van der Waals surface area (Å²) < 4.78 is 0. The topological polar surface area (TPSA) is 91.9 Å². The standard InChI is InChI=1S/C29H39N5O3/c1-22(2)32-17-19-33(20-18-32)29(36)34(16-6-4-3-5-7-28(35)31-37)26-12-10-23(11-13-26)25-9-8-24-14-15-30-27(24)21-25/h8-15,21-22,30,37H,3-7,16-20H2,1-2H3,(H,31,35). The zero-order valence-electron chi connectivity index (χ0n) is 21.9. The van der Waals surface area contributed by atoms with Gasteiger partial charge in [-0.3, -0.25) is 19.8 Å². The van der Waals surface area contributed by atoms with Crippen LogP contribution >= 0.6 is 0 Å². The van der Waals surface area contributed by atoms with E-state index < -0.39 is 0 Å². The summed E-state index contributed by atoms with van der Waals surface area (Å²) in [4.78, 5) is 34.4. The highest BCUT2D eigenvalue weighted by Gasteiger charge is 2.27. The summed E-state index contributed by atoms with van der Waals surface area (Å²) >= 11 is 0. The molecule has 3 N–H and O–H groups in total. The minimum atomic E-state index is -0.354. The second-order valence-corrected chi connectivity index (χ2v) is 10.1. The van der Waals surface area contributed by atoms with Gasteiger partial charge in [-0.2, -0.15) is 0 Å². The summed E-state index contributed by atoms with van der Waals surface area (Å²) in [6, 6.07) is 17.3. The van der Waals surface area contributed by atoms with Crippen LogP contribution in [0.25, 0.3) is 22.0 Å². The van der Waals surface area contributed by atoms with Gasteiger partial charge in [-0.15, -0.1) is 0 Å². The van der Waals surface area contributed by atoms with Crippen molar-refractivity contribution in [2.24, 2.45) is 0 Å². The quantitative estimate of drug-likeness (QED) is 0.200. The Morgan fingerprint density at radius 3 is 2.35 bits per heavy atom. The third-order valence-electron chi connectivity index (χ3n) is 7.27. The molecule has 1 fully saturated rings. The third kappa shape index (κ3) is 6.90. The number of hydroxylamine groups is 1. The number of aromatic nitrogens is 1. The van der Waals surface area contributed by atoms with Gasteiger partial charge in [-0.05, 0) is 67.5 Å². The number of amides is 3. The molecule has 1 aliphatic rings. The molecule has 1 aliphatic heterocycles. The average Bonchev–Trinajstić information content (AvgIpc) is 3.40. The molecule has 3 aromatic rings. The number of nitrogens with one attached hydrogen (secondary N) is 2. The number of hydrogen-bond acceptors (Lipinski definition) is 4. The Morgan fingerprint density at radius 1 is 0.946 bits per heavy atom. The van der Waals surface area contributed by atoms with E-state index in [1.165, 1.54) is 5.39 Å². The molecule has 1 aromatic heterocycles. The zero-order valence-corrected chi connectivity index (χ0v) is 21.9. The largest absolute Gasteiger partial charge is 0.361 e. The van der Waals surface area contributed by atoms with E-state index in [1.807, 2.05) is 28.1 Å². The highest BCUT2D eigenvalue weighted by Crippen LogP contribution is 2.27. The van der Waals surface area contributed by atoms with Gasteiger partial charge >= 0.3 is 6.03 Å². The minimum Gasteiger partial charge on any atom is -0.361 e. The number of urea groups is 1. The first-order valence-corrected chi connectivity index (χ1v) is 13.4. The number of piperazine rings is 1. The molecule has 1 saturated heterocycles. The van der Waals surface area contributed by atoms with Gasteiger partial charge in [0.25, 0.3) is 0 Å². The number of H-pyrrole nitrogens is 1. The van der Waals surface area contributed by atoms with Crippen molar-refractivity contribution in [2.45, 2.75) is 52.0 Å². The molecule has 4 rings (SSSR count). The zero-order chi connectivity index (χ0) is 26.2. The number of anilines is 1. The molecule has 0 aliphatic carbocycles. The Balaban J connectivity index is 1.44. The van der Waals surface area contributed by atoms with Crippen LogP contribution in [-0.2, 0) is 4.79 Å². The molecule has 2 aromatic carbocycles. The smallest absolute Gasteiger partial charge is 0.324 e. The van der Waals surface area contributed by atoms with Crippen molar-refractivity contribution in [2.75, 3.05) is 37.6 Å². The average molecular weight is 506 g/mol. The van der Waals surface area contributed by atoms with Crippen LogP contribution in [0.5, 0.6) is 0 Å². The number of carbonyl (C=O) groups excluding carboxylic acids is 2. The lowest BCUT2D eigenvalue weighted by molar-refractivity contribution is -0.129. The summed E-state index contributed by atoms with van der Waals surface area (Å²) in [5.41, 5.74) is 5.93. The molecule has 8 heteroatoms. The Kier molecular flexibility index (Phi) is 9.19. The summed E-state index contributed by atoms with van der Waals surface area (Å²) in [6.07, 6.45) is 5.62. The Morgan fingerprint density at radius 2 is 1.65 bits per heavy atom. The second-order valence-electron chi connectivity index (χ2n) is 10.1. The number of unbranched alkanes of at least 4 members (excludes halogenated alkanes) is 3. The van der Waals surface area contributed by atoms with Crippen LogP contribution in [-0.4, -0.2) is 70.7 Å². The molecule has 37 heavy (non-hydrogen) atoms. The summed E-state index contributed by atoms with van der Waals surface area (Å²) in [7, 11) is 0. The Bertz CT molecular complexity index is 1170. The molecule has 0 spiro atoms. The normalized spacial score (nSPS) is 14.3. The minimum absolute atomic E-state index is 0.0589. The number of aromatic amines is 1. The maximum Gasteiger partial charge on any atom is 0.324 e. The number of fused-ring (bicyclic) bond motifs is 1. The van der Waals surface area contributed by atoms with E-state index in [0.29, 0.717) is 19.0 Å². The molecule has 0 radical (unpaired) electrons. The van der Waals surface area contributed by atoms with Crippen LogP contribution < -0.4 is 10.4 Å². The third-order valence-corrected chi connectivity index (χ3v) is 7.27. The van der Waals surface area contributed by atoms with Gasteiger partial charge in [0.15, 0.2) is 0 Å². The van der Waals surface area contributed by atoms with Crippen LogP contribution in [0.15, 0.2) is 54.7 Å². The van der Waals surface area contributed by atoms with Crippen LogP contribution in [0.1, 0.15) is 46.0 Å². The van der Waals surface area contributed by atoms with E-state index >= 15 is 0 Å². The van der Waals surface area contributed by atoms with Crippen molar-refractivity contribution >= 4 is 28.5 Å². The van der Waals surface area contributed by atoms with Gasteiger partial charge in [0.2, 0.25) is 5.91 Å². The molecule has 0 atom stereocenters. The van der Waals surface area contributed by atoms with Crippen LogP contribution in [0.2, 0.25) is 0 Å². The van der Waals surface area contributed by atoms with E-state index in [9.17, 15) is 9.59 Å². The summed E-state index contributed by atoms with van der Waals surface area (Å²) in [5, 5.41) is 9.83. The molecule has 2 heterocycles. The predicted molar refractivity (Wildman–Crippen MR) is 148 cm³/mol. The van der Waals surface area contributed by atoms with E-state index in [-0.39, 0.29) is 11.9 Å². The van der Waals surface area contributed by atoms with Gasteiger partial charge < -0.3 is 9.88 Å². The summed E-state index contributed by atoms with van der Waals surface area (Å²) in [6.45, 7) is 8.28. The van der Waals surface area contributed by atoms with Gasteiger partial charge in [0, 0.05) is 62.6 Å². The van der Waals surface area contributed by atoms with Crippen LogP contribution in [0, 0.1) is 0 Å². The fraction of sp³-hybridized carbons (Fsp3) is 0.448. The second kappa shape index (κ2) is 12.7. The fourth-order valence-corrected chi connectivity index (χ4v) is 4.96. The maximum atomic E-state index is 13.6. The highest BCUT2D eigenvalue weighted by atomic mass is 16.5. The lowest BCUT2D eigenvalue weighted by Gasteiger charge is -2.39. The molecular formula is C29H39N5O3. The van der Waals surface area contributed by atoms with Gasteiger partial charge in [0.1, 0.15) is 0 Å². The lowest BCUT2D eigenvalue weighted by Crippen LogP contribution is -2.54. The molecule has 0 bridgehead atoms. The summed E-state index contributed by atoms with van der Waals surface area (Å²) in [5.74, 6) is -0.354. The Hall–Kier alpha value is -3.36. The molecule has 8 nitrogen and oxygen atoms in total. The van der Waals surface area contributed by atoms with Crippen molar-refractivity contribution in [3.8, 4) is 11.1 Å². The van der Waals surface area contributed by atoms with Crippen LogP contribution in [0.4, 0.5) is 10.5 Å². The van der Waals surface area contributed by atoms with E-state index in [1.54, 1.807) is 5.48 Å². The van der Waals surface area contributed by atoms with E-state index in [2.05, 4.69) is 60.1 Å². The Labute approximate surface area is 219 Å².